The van der Waals surface area contributed by atoms with Crippen molar-refractivity contribution in [3.8, 4) is 0 Å². The largest absolute Gasteiger partial charge is 0.449 e. The van der Waals surface area contributed by atoms with Gasteiger partial charge in [-0.3, -0.25) is 19.1 Å². The summed E-state index contributed by atoms with van der Waals surface area (Å²) in [6.07, 6.45) is 2.30. The van der Waals surface area contributed by atoms with E-state index < -0.39 is 60.5 Å². The maximum Gasteiger partial charge on any atom is 0.410 e. The number of hydrogen-bond donors (Lipinski definition) is 3. The molecule has 0 aromatic heterocycles. The van der Waals surface area contributed by atoms with Gasteiger partial charge in [-0.2, -0.15) is 0 Å². The average Bonchev–Trinajstić information content (AvgIpc) is 3.35. The van der Waals surface area contributed by atoms with Gasteiger partial charge in [0.2, 0.25) is 11.8 Å². The molecular formula is C35H53N4O9P. The van der Waals surface area contributed by atoms with Crippen LogP contribution < -0.4 is 10.6 Å². The van der Waals surface area contributed by atoms with E-state index in [-0.39, 0.29) is 44.4 Å². The van der Waals surface area contributed by atoms with Crippen molar-refractivity contribution < 1.29 is 42.6 Å². The number of nitrogens with one attached hydrogen (secondary N) is 2. The average molecular weight is 705 g/mol. The van der Waals surface area contributed by atoms with E-state index in [4.69, 9.17) is 14.0 Å². The van der Waals surface area contributed by atoms with E-state index in [1.807, 2.05) is 26.0 Å². The molecule has 1 aromatic rings. The molecule has 272 valence electrons. The molecule has 2 fully saturated rings. The van der Waals surface area contributed by atoms with Gasteiger partial charge in [-0.05, 0) is 66.5 Å². The Hall–Kier alpha value is -3.15. The highest BCUT2D eigenvalue weighted by Crippen LogP contribution is 2.70. The number of amides is 4. The van der Waals surface area contributed by atoms with Gasteiger partial charge in [0.15, 0.2) is 0 Å². The highest BCUT2D eigenvalue weighted by atomic mass is 31.2. The first-order valence-corrected chi connectivity index (χ1v) is 19.3. The second-order valence-corrected chi connectivity index (χ2v) is 17.3. The minimum absolute atomic E-state index is 0.0103. The third kappa shape index (κ3) is 7.94. The molecule has 3 heterocycles. The molecule has 4 amide bonds. The highest BCUT2D eigenvalue weighted by Gasteiger charge is 2.67. The van der Waals surface area contributed by atoms with Crippen molar-refractivity contribution in [1.82, 2.24) is 20.4 Å². The molecule has 1 aromatic carbocycles. The number of aryl methyl sites for hydroxylation is 1. The van der Waals surface area contributed by atoms with Gasteiger partial charge in [0, 0.05) is 19.5 Å². The van der Waals surface area contributed by atoms with E-state index in [2.05, 4.69) is 16.7 Å². The molecule has 5 rings (SSSR count). The zero-order valence-corrected chi connectivity index (χ0v) is 30.6. The summed E-state index contributed by atoms with van der Waals surface area (Å²) in [7, 11) is -4.26. The van der Waals surface area contributed by atoms with E-state index in [0.717, 1.165) is 36.8 Å². The summed E-state index contributed by atoms with van der Waals surface area (Å²) in [6.45, 7) is 11.8. The van der Waals surface area contributed by atoms with Crippen molar-refractivity contribution in [2.75, 3.05) is 19.8 Å². The Balaban J connectivity index is 1.44. The van der Waals surface area contributed by atoms with Crippen LogP contribution in [0.3, 0.4) is 0 Å². The highest BCUT2D eigenvalue weighted by molar-refractivity contribution is 7.55. The second-order valence-electron chi connectivity index (χ2n) is 15.2. The molecule has 1 unspecified atom stereocenters. The number of cyclic esters (lactones) is 1. The van der Waals surface area contributed by atoms with Crippen LogP contribution >= 0.6 is 7.60 Å². The van der Waals surface area contributed by atoms with Crippen molar-refractivity contribution in [2.24, 2.45) is 17.3 Å². The van der Waals surface area contributed by atoms with Gasteiger partial charge in [0.25, 0.3) is 0 Å². The first-order valence-electron chi connectivity index (χ1n) is 17.7. The quantitative estimate of drug-likeness (QED) is 0.343. The standard InChI is InChI=1S/C35H53N4O9P/c1-7-25-17-35(25,49(44,45)47-8-2)37-30(40)28-16-26-19-39(28)31(41)29(34(4,5)6)36-32(42)46-21-22(3)12-9-10-13-23-14-11-15-24-18-38(20-27(23)24)33(43)48-26/h11,14-15,22,25-26,28-29H,7-10,12-13,16-21H2,1-6H3,(H,36,42)(H,37,40)(H,44,45)/t22-,25+,26+,28-,29+,35-/m0/s1. The first kappa shape index (κ1) is 37.1. The maximum atomic E-state index is 14.4. The summed E-state index contributed by atoms with van der Waals surface area (Å²) in [6, 6.07) is 3.91. The number of hydrogen-bond acceptors (Lipinski definition) is 8. The monoisotopic (exact) mass is 704 g/mol. The minimum Gasteiger partial charge on any atom is -0.449 e. The molecule has 1 aliphatic carbocycles. The van der Waals surface area contributed by atoms with Gasteiger partial charge in [0.05, 0.1) is 19.8 Å². The number of carbonyl (C=O) groups excluding carboxylic acids is 4. The van der Waals surface area contributed by atoms with E-state index >= 15 is 0 Å². The lowest BCUT2D eigenvalue weighted by atomic mass is 9.85. The fourth-order valence-electron chi connectivity index (χ4n) is 7.49. The number of carbonyl (C=O) groups is 4. The van der Waals surface area contributed by atoms with Gasteiger partial charge in [-0.1, -0.05) is 65.7 Å². The Kier molecular flexibility index (Phi) is 11.1. The van der Waals surface area contributed by atoms with E-state index in [1.54, 1.807) is 32.6 Å². The summed E-state index contributed by atoms with van der Waals surface area (Å²) >= 11 is 0. The number of alkyl carbamates (subject to hydrolysis) is 1. The molecule has 13 nitrogen and oxygen atoms in total. The van der Waals surface area contributed by atoms with Crippen molar-refractivity contribution in [2.45, 2.75) is 123 Å². The zero-order valence-electron chi connectivity index (χ0n) is 29.7. The summed E-state index contributed by atoms with van der Waals surface area (Å²) in [5.74, 6) is -1.35. The topological polar surface area (TPSA) is 164 Å². The fraction of sp³-hybridized carbons (Fsp3) is 0.714. The van der Waals surface area contributed by atoms with Crippen LogP contribution in [0.25, 0.3) is 0 Å². The number of rotatable bonds is 6. The predicted octanol–water partition coefficient (Wildman–Crippen LogP) is 5.08. The number of ether oxygens (including phenoxy) is 2. The number of fused-ring (bicyclic) bond motifs is 3. The molecule has 49 heavy (non-hydrogen) atoms. The lowest BCUT2D eigenvalue weighted by Crippen LogP contribution is -2.58. The van der Waals surface area contributed by atoms with Crippen LogP contribution in [0.2, 0.25) is 0 Å². The summed E-state index contributed by atoms with van der Waals surface area (Å²) < 4.78 is 30.1. The molecule has 4 aliphatic rings. The van der Waals surface area contributed by atoms with Gasteiger partial charge in [-0.15, -0.1) is 0 Å². The lowest BCUT2D eigenvalue weighted by molar-refractivity contribution is -0.142. The Morgan fingerprint density at radius 2 is 1.90 bits per heavy atom. The zero-order chi connectivity index (χ0) is 35.7. The molecule has 0 spiro atoms. The van der Waals surface area contributed by atoms with Gasteiger partial charge in [0.1, 0.15) is 23.5 Å². The Morgan fingerprint density at radius 1 is 1.16 bits per heavy atom. The fourth-order valence-corrected chi connectivity index (χ4v) is 9.41. The van der Waals surface area contributed by atoms with Crippen LogP contribution in [0.4, 0.5) is 9.59 Å². The Morgan fingerprint density at radius 3 is 2.57 bits per heavy atom. The van der Waals surface area contributed by atoms with Gasteiger partial charge in [-0.25, -0.2) is 9.59 Å². The normalized spacial score (nSPS) is 30.9. The molecular weight excluding hydrogens is 651 g/mol. The SMILES string of the molecule is CCOP(=O)(O)[C@@]1(NC(=O)[C@@H]2C[C@@H]3CN2C(=O)[C@H](C(C)(C)C)NC(=O)OC[C@@H](C)CCCCc2cccc4c2CN(C4)C(=O)O3)C[C@H]1CC. The Bertz CT molecular complexity index is 1480. The van der Waals surface area contributed by atoms with Crippen LogP contribution in [0.1, 0.15) is 96.8 Å². The van der Waals surface area contributed by atoms with Crippen molar-refractivity contribution in [1.29, 1.82) is 0 Å². The molecule has 1 saturated carbocycles. The smallest absolute Gasteiger partial charge is 0.410 e. The summed E-state index contributed by atoms with van der Waals surface area (Å²) in [4.78, 5) is 68.9. The predicted molar refractivity (Wildman–Crippen MR) is 181 cm³/mol. The van der Waals surface area contributed by atoms with Crippen molar-refractivity contribution >= 4 is 31.6 Å². The van der Waals surface area contributed by atoms with Crippen LogP contribution in [-0.2, 0) is 47.7 Å². The number of benzene rings is 1. The second kappa shape index (κ2) is 14.6. The van der Waals surface area contributed by atoms with Crippen LogP contribution in [0.5, 0.6) is 0 Å². The van der Waals surface area contributed by atoms with Crippen LogP contribution in [-0.4, -0.2) is 81.9 Å². The van der Waals surface area contributed by atoms with Crippen molar-refractivity contribution in [3.63, 3.8) is 0 Å². The minimum atomic E-state index is -4.26. The van der Waals surface area contributed by atoms with Crippen LogP contribution in [0, 0.1) is 17.3 Å². The van der Waals surface area contributed by atoms with Crippen LogP contribution in [0.15, 0.2) is 18.2 Å². The van der Waals surface area contributed by atoms with E-state index in [1.165, 1.54) is 10.5 Å². The molecule has 14 heteroatoms. The third-order valence-electron chi connectivity index (χ3n) is 10.4. The van der Waals surface area contributed by atoms with Crippen molar-refractivity contribution in [3.05, 3.63) is 34.9 Å². The summed E-state index contributed by atoms with van der Waals surface area (Å²) in [5.41, 5.74) is 2.61. The number of nitrogens with zero attached hydrogens (tertiary/aromatic N) is 2. The first-order chi connectivity index (χ1) is 23.1. The molecule has 1 saturated heterocycles. The maximum absolute atomic E-state index is 14.4. The van der Waals surface area contributed by atoms with E-state index in [9.17, 15) is 28.6 Å². The van der Waals surface area contributed by atoms with E-state index in [0.29, 0.717) is 19.5 Å². The molecule has 3 N–H and O–H groups in total. The van der Waals surface area contributed by atoms with Gasteiger partial charge < -0.3 is 34.4 Å². The summed E-state index contributed by atoms with van der Waals surface area (Å²) in [5, 5.41) is 4.08. The van der Waals surface area contributed by atoms with Gasteiger partial charge >= 0.3 is 19.8 Å². The molecule has 7 atom stereocenters. The Labute approximate surface area is 289 Å². The molecule has 4 bridgehead atoms. The molecule has 0 radical (unpaired) electrons. The third-order valence-corrected chi connectivity index (χ3v) is 12.7. The molecule has 3 aliphatic heterocycles. The lowest BCUT2D eigenvalue weighted by Gasteiger charge is -2.35.